The van der Waals surface area contributed by atoms with Crippen LogP contribution in [0, 0.1) is 6.92 Å². The van der Waals surface area contributed by atoms with Crippen LogP contribution >= 0.6 is 0 Å². The number of hydrogen-bond acceptors (Lipinski definition) is 3. The molecule has 27 heavy (non-hydrogen) atoms. The molecule has 0 saturated carbocycles. The third-order valence-corrected chi connectivity index (χ3v) is 4.62. The lowest BCUT2D eigenvalue weighted by Crippen LogP contribution is -2.04. The van der Waals surface area contributed by atoms with Gasteiger partial charge in [-0.05, 0) is 59.0 Å². The van der Waals surface area contributed by atoms with E-state index in [0.29, 0.717) is 5.69 Å². The summed E-state index contributed by atoms with van der Waals surface area (Å²) >= 11 is 0. The lowest BCUT2D eigenvalue weighted by molar-refractivity contribution is 0.414. The van der Waals surface area contributed by atoms with Crippen LogP contribution in [0.2, 0.25) is 0 Å². The lowest BCUT2D eigenvalue weighted by Gasteiger charge is -2.22. The molecule has 0 saturated heterocycles. The second-order valence-electron chi connectivity index (χ2n) is 6.18. The molecule has 0 unspecified atom stereocenters. The topological polar surface area (TPSA) is 67.2 Å². The summed E-state index contributed by atoms with van der Waals surface area (Å²) < 4.78 is 10.6. The molecule has 0 aliphatic rings. The first kappa shape index (κ1) is 18.4. The Labute approximate surface area is 158 Å². The molecule has 0 N–H and O–H groups in total. The third kappa shape index (κ3) is 3.89. The highest BCUT2D eigenvalue weighted by Gasteiger charge is 2.20. The molecule has 136 valence electrons. The van der Waals surface area contributed by atoms with E-state index < -0.39 is 0 Å². The molecular formula is C22H21N3O2. The van der Waals surface area contributed by atoms with Gasteiger partial charge in [0, 0.05) is 16.5 Å². The quantitative estimate of drug-likeness (QED) is 0.230. The van der Waals surface area contributed by atoms with Crippen molar-refractivity contribution in [1.29, 1.82) is 0 Å². The largest absolute Gasteiger partial charge is 0.497 e. The number of rotatable bonds is 6. The van der Waals surface area contributed by atoms with Crippen LogP contribution in [0.15, 0.2) is 71.8 Å². The molecule has 0 bridgehead atoms. The molecule has 0 amide bonds. The maximum atomic E-state index is 9.05. The van der Waals surface area contributed by atoms with Gasteiger partial charge in [0.1, 0.15) is 11.5 Å². The zero-order chi connectivity index (χ0) is 19.2. The van der Waals surface area contributed by atoms with Crippen molar-refractivity contribution in [2.75, 3.05) is 14.2 Å². The average Bonchev–Trinajstić information content (AvgIpc) is 2.71. The number of azide groups is 1. The van der Waals surface area contributed by atoms with Crippen molar-refractivity contribution in [2.24, 2.45) is 5.11 Å². The van der Waals surface area contributed by atoms with Gasteiger partial charge in [0.25, 0.3) is 0 Å². The second-order valence-corrected chi connectivity index (χ2v) is 6.18. The Morgan fingerprint density at radius 3 is 1.78 bits per heavy atom. The molecule has 5 heteroatoms. The molecule has 0 atom stereocenters. The fourth-order valence-electron chi connectivity index (χ4n) is 3.24. The predicted molar refractivity (Wildman–Crippen MR) is 107 cm³/mol. The van der Waals surface area contributed by atoms with Gasteiger partial charge in [0.05, 0.1) is 14.2 Å². The Morgan fingerprint density at radius 1 is 0.815 bits per heavy atom. The minimum Gasteiger partial charge on any atom is -0.497 e. The first-order valence-corrected chi connectivity index (χ1v) is 8.60. The minimum atomic E-state index is -0.0813. The highest BCUT2D eigenvalue weighted by atomic mass is 16.5. The first-order chi connectivity index (χ1) is 13.2. The SMILES string of the molecule is COc1ccc(C(c2ccc(OC)cc2)c2cccc(C)c2N=[N+]=[N-])cc1. The smallest absolute Gasteiger partial charge is 0.118 e. The van der Waals surface area contributed by atoms with Crippen LogP contribution in [0.25, 0.3) is 10.4 Å². The van der Waals surface area contributed by atoms with E-state index in [4.69, 9.17) is 15.0 Å². The molecule has 0 spiro atoms. The Kier molecular flexibility index (Phi) is 5.64. The van der Waals surface area contributed by atoms with Crippen LogP contribution in [-0.2, 0) is 0 Å². The van der Waals surface area contributed by atoms with Crippen molar-refractivity contribution in [1.82, 2.24) is 0 Å². The first-order valence-electron chi connectivity index (χ1n) is 8.60. The number of benzene rings is 3. The number of nitrogens with zero attached hydrogens (tertiary/aromatic N) is 3. The van der Waals surface area contributed by atoms with Gasteiger partial charge in [-0.25, -0.2) is 0 Å². The molecule has 3 aromatic carbocycles. The van der Waals surface area contributed by atoms with Crippen molar-refractivity contribution >= 4 is 5.69 Å². The van der Waals surface area contributed by atoms with E-state index in [-0.39, 0.29) is 5.92 Å². The van der Waals surface area contributed by atoms with Crippen LogP contribution in [-0.4, -0.2) is 14.2 Å². The average molecular weight is 359 g/mol. The molecule has 3 rings (SSSR count). The van der Waals surface area contributed by atoms with E-state index in [9.17, 15) is 0 Å². The van der Waals surface area contributed by atoms with E-state index in [1.807, 2.05) is 73.7 Å². The normalized spacial score (nSPS) is 10.4. The van der Waals surface area contributed by atoms with Crippen LogP contribution in [0.3, 0.4) is 0 Å². The molecular weight excluding hydrogens is 338 g/mol. The summed E-state index contributed by atoms with van der Waals surface area (Å²) in [5.74, 6) is 1.51. The summed E-state index contributed by atoms with van der Waals surface area (Å²) in [5.41, 5.74) is 13.8. The lowest BCUT2D eigenvalue weighted by atomic mass is 9.83. The standard InChI is InChI=1S/C22H21N3O2/c1-15-5-4-6-20(22(15)24-25-23)21(16-7-11-18(26-2)12-8-16)17-9-13-19(27-3)14-10-17/h4-14,21H,1-3H3. The van der Waals surface area contributed by atoms with Gasteiger partial charge in [-0.15, -0.1) is 0 Å². The van der Waals surface area contributed by atoms with Crippen LogP contribution in [0.4, 0.5) is 5.69 Å². The second kappa shape index (κ2) is 8.30. The predicted octanol–water partition coefficient (Wildman–Crippen LogP) is 6.13. The Morgan fingerprint density at radius 2 is 1.33 bits per heavy atom. The zero-order valence-corrected chi connectivity index (χ0v) is 15.6. The number of methoxy groups -OCH3 is 2. The molecule has 5 nitrogen and oxygen atoms in total. The van der Waals surface area contributed by atoms with Crippen molar-refractivity contribution in [3.05, 3.63) is 99.4 Å². The third-order valence-electron chi connectivity index (χ3n) is 4.62. The maximum absolute atomic E-state index is 9.05. The van der Waals surface area contributed by atoms with E-state index in [1.54, 1.807) is 14.2 Å². The van der Waals surface area contributed by atoms with Crippen molar-refractivity contribution in [3.8, 4) is 11.5 Å². The zero-order valence-electron chi connectivity index (χ0n) is 15.6. The monoisotopic (exact) mass is 359 g/mol. The minimum absolute atomic E-state index is 0.0813. The van der Waals surface area contributed by atoms with Crippen molar-refractivity contribution < 1.29 is 9.47 Å². The number of hydrogen-bond donors (Lipinski definition) is 0. The van der Waals surface area contributed by atoms with Gasteiger partial charge in [-0.1, -0.05) is 47.6 Å². The molecule has 0 aliphatic carbocycles. The fourth-order valence-corrected chi connectivity index (χ4v) is 3.24. The van der Waals surface area contributed by atoms with E-state index in [0.717, 1.165) is 33.8 Å². The molecule has 3 aromatic rings. The van der Waals surface area contributed by atoms with Gasteiger partial charge in [0.15, 0.2) is 0 Å². The summed E-state index contributed by atoms with van der Waals surface area (Å²) in [6.45, 7) is 1.95. The van der Waals surface area contributed by atoms with Crippen molar-refractivity contribution in [3.63, 3.8) is 0 Å². The summed E-state index contributed by atoms with van der Waals surface area (Å²) in [6.07, 6.45) is 0. The number of ether oxygens (including phenoxy) is 2. The summed E-state index contributed by atoms with van der Waals surface area (Å²) in [7, 11) is 3.30. The molecule has 0 fully saturated rings. The van der Waals surface area contributed by atoms with Gasteiger partial charge in [0.2, 0.25) is 0 Å². The molecule has 0 radical (unpaired) electrons. The van der Waals surface area contributed by atoms with E-state index >= 15 is 0 Å². The van der Waals surface area contributed by atoms with Crippen LogP contribution in [0.1, 0.15) is 28.2 Å². The Bertz CT molecular complexity index is 912. The van der Waals surface area contributed by atoms with Gasteiger partial charge < -0.3 is 9.47 Å². The molecule has 0 aromatic heterocycles. The van der Waals surface area contributed by atoms with Crippen molar-refractivity contribution in [2.45, 2.75) is 12.8 Å². The highest BCUT2D eigenvalue weighted by molar-refractivity contribution is 5.59. The van der Waals surface area contributed by atoms with E-state index in [1.165, 1.54) is 0 Å². The van der Waals surface area contributed by atoms with Gasteiger partial charge in [-0.2, -0.15) is 0 Å². The van der Waals surface area contributed by atoms with Gasteiger partial charge in [-0.3, -0.25) is 0 Å². The Balaban J connectivity index is 2.20. The van der Waals surface area contributed by atoms with Gasteiger partial charge >= 0.3 is 0 Å². The summed E-state index contributed by atoms with van der Waals surface area (Å²) in [5, 5.41) is 3.98. The molecule has 0 heterocycles. The van der Waals surface area contributed by atoms with E-state index in [2.05, 4.69) is 10.0 Å². The summed E-state index contributed by atoms with van der Waals surface area (Å²) in [6, 6.07) is 21.9. The summed E-state index contributed by atoms with van der Waals surface area (Å²) in [4.78, 5) is 3.04. The Hall–Kier alpha value is -3.43. The fraction of sp³-hybridized carbons (Fsp3) is 0.182. The highest BCUT2D eigenvalue weighted by Crippen LogP contribution is 2.39. The van der Waals surface area contributed by atoms with Crippen LogP contribution < -0.4 is 9.47 Å². The number of aryl methyl sites for hydroxylation is 1. The molecule has 0 aliphatic heterocycles. The maximum Gasteiger partial charge on any atom is 0.118 e. The van der Waals surface area contributed by atoms with Crippen LogP contribution in [0.5, 0.6) is 11.5 Å².